The van der Waals surface area contributed by atoms with Gasteiger partial charge < -0.3 is 4.90 Å². The van der Waals surface area contributed by atoms with Crippen molar-refractivity contribution in [1.29, 1.82) is 0 Å². The minimum Gasteiger partial charge on any atom is -0.378 e. The average Bonchev–Trinajstić information content (AvgIpc) is 2.67. The molecule has 130 valence electrons. The molecule has 0 N–H and O–H groups in total. The lowest BCUT2D eigenvalue weighted by Crippen LogP contribution is -2.08. The van der Waals surface area contributed by atoms with E-state index in [9.17, 15) is 0 Å². The Balaban J connectivity index is 1.69. The maximum Gasteiger partial charge on any atom is 0.0887 e. The zero-order valence-corrected chi connectivity index (χ0v) is 15.2. The first-order valence-corrected chi connectivity index (χ1v) is 8.38. The second kappa shape index (κ2) is 8.16. The Morgan fingerprint density at radius 1 is 0.615 bits per heavy atom. The maximum atomic E-state index is 4.35. The maximum absolute atomic E-state index is 4.35. The first-order valence-electron chi connectivity index (χ1n) is 8.38. The van der Waals surface area contributed by atoms with Gasteiger partial charge in [0.25, 0.3) is 0 Å². The molecule has 0 atom stereocenters. The van der Waals surface area contributed by atoms with Crippen LogP contribution in [-0.2, 0) is 0 Å². The van der Waals surface area contributed by atoms with Gasteiger partial charge in [0.2, 0.25) is 0 Å². The fourth-order valence-corrected chi connectivity index (χ4v) is 2.34. The van der Waals surface area contributed by atoms with Crippen LogP contribution in [0.15, 0.2) is 93.3 Å². The van der Waals surface area contributed by atoms with Crippen LogP contribution in [-0.4, -0.2) is 14.1 Å². The van der Waals surface area contributed by atoms with Crippen LogP contribution in [0.4, 0.5) is 28.4 Å². The van der Waals surface area contributed by atoms with Gasteiger partial charge in [-0.1, -0.05) is 18.2 Å². The van der Waals surface area contributed by atoms with Gasteiger partial charge in [0.05, 0.1) is 22.7 Å². The summed E-state index contributed by atoms with van der Waals surface area (Å²) in [5, 5.41) is 17.1. The molecule has 0 aliphatic carbocycles. The van der Waals surface area contributed by atoms with Crippen molar-refractivity contribution in [2.75, 3.05) is 19.0 Å². The smallest absolute Gasteiger partial charge is 0.0887 e. The fourth-order valence-electron chi connectivity index (χ4n) is 2.34. The van der Waals surface area contributed by atoms with Crippen LogP contribution >= 0.6 is 0 Å². The number of nitrogens with zero attached hydrogens (tertiary/aromatic N) is 5. The summed E-state index contributed by atoms with van der Waals surface area (Å²) in [7, 11) is 4.04. The highest BCUT2D eigenvalue weighted by atomic mass is 15.1. The van der Waals surface area contributed by atoms with E-state index >= 15 is 0 Å². The number of aryl methyl sites for hydroxylation is 1. The van der Waals surface area contributed by atoms with E-state index in [1.807, 2.05) is 87.7 Å². The summed E-state index contributed by atoms with van der Waals surface area (Å²) < 4.78 is 0. The lowest BCUT2D eigenvalue weighted by molar-refractivity contribution is 1.12. The van der Waals surface area contributed by atoms with Gasteiger partial charge in [-0.2, -0.15) is 20.5 Å². The number of anilines is 1. The Kier molecular flexibility index (Phi) is 5.49. The average molecular weight is 343 g/mol. The van der Waals surface area contributed by atoms with Gasteiger partial charge >= 0.3 is 0 Å². The second-order valence-electron chi connectivity index (χ2n) is 6.12. The first-order chi connectivity index (χ1) is 12.6. The van der Waals surface area contributed by atoms with Crippen LogP contribution in [0.5, 0.6) is 0 Å². The van der Waals surface area contributed by atoms with Crippen LogP contribution in [0.25, 0.3) is 0 Å². The largest absolute Gasteiger partial charge is 0.378 e. The molecule has 0 aliphatic heterocycles. The van der Waals surface area contributed by atoms with Crippen LogP contribution in [0.3, 0.4) is 0 Å². The molecule has 0 unspecified atom stereocenters. The number of benzene rings is 3. The van der Waals surface area contributed by atoms with Gasteiger partial charge in [-0.15, -0.1) is 0 Å². The highest BCUT2D eigenvalue weighted by Gasteiger charge is 2.01. The second-order valence-corrected chi connectivity index (χ2v) is 6.12. The summed E-state index contributed by atoms with van der Waals surface area (Å²) >= 11 is 0. The standard InChI is InChI=1S/C21H21N5/c1-16-15-20(26(2)3)13-14-21(16)25-24-19-11-9-18(10-12-19)23-22-17-7-5-4-6-8-17/h4-15H,1-3H3. The minimum atomic E-state index is 0.777. The van der Waals surface area contributed by atoms with E-state index in [-0.39, 0.29) is 0 Å². The van der Waals surface area contributed by atoms with Crippen molar-refractivity contribution in [3.8, 4) is 0 Å². The highest BCUT2D eigenvalue weighted by molar-refractivity contribution is 5.57. The first kappa shape index (κ1) is 17.5. The Morgan fingerprint density at radius 3 is 1.69 bits per heavy atom. The molecular weight excluding hydrogens is 322 g/mol. The predicted octanol–water partition coefficient (Wildman–Crippen LogP) is 6.89. The molecule has 0 spiro atoms. The molecular formula is C21H21N5. The van der Waals surface area contributed by atoms with Crippen molar-refractivity contribution < 1.29 is 0 Å². The van der Waals surface area contributed by atoms with E-state index in [4.69, 9.17) is 0 Å². The Hall–Kier alpha value is -3.34. The molecule has 5 nitrogen and oxygen atoms in total. The molecule has 0 bridgehead atoms. The Labute approximate surface area is 153 Å². The van der Waals surface area contributed by atoms with Crippen LogP contribution in [0.1, 0.15) is 5.56 Å². The van der Waals surface area contributed by atoms with Gasteiger partial charge in [-0.25, -0.2) is 0 Å². The number of azo groups is 2. The van der Waals surface area contributed by atoms with E-state index < -0.39 is 0 Å². The minimum absolute atomic E-state index is 0.777. The van der Waals surface area contributed by atoms with Crippen LogP contribution < -0.4 is 4.90 Å². The van der Waals surface area contributed by atoms with Crippen molar-refractivity contribution in [3.05, 3.63) is 78.4 Å². The van der Waals surface area contributed by atoms with Gasteiger partial charge in [0.15, 0.2) is 0 Å². The highest BCUT2D eigenvalue weighted by Crippen LogP contribution is 2.27. The van der Waals surface area contributed by atoms with Gasteiger partial charge in [0.1, 0.15) is 0 Å². The molecule has 0 amide bonds. The summed E-state index contributed by atoms with van der Waals surface area (Å²) in [5.74, 6) is 0. The SMILES string of the molecule is Cc1cc(N(C)C)ccc1N=Nc1ccc(N=Nc2ccccc2)cc1. The summed E-state index contributed by atoms with van der Waals surface area (Å²) in [6.07, 6.45) is 0. The number of hydrogen-bond donors (Lipinski definition) is 0. The van der Waals surface area contributed by atoms with E-state index in [1.54, 1.807) is 0 Å². The van der Waals surface area contributed by atoms with Crippen molar-refractivity contribution in [2.24, 2.45) is 20.5 Å². The van der Waals surface area contributed by atoms with Crippen molar-refractivity contribution >= 4 is 28.4 Å². The summed E-state index contributed by atoms with van der Waals surface area (Å²) in [5.41, 5.74) is 5.48. The lowest BCUT2D eigenvalue weighted by atomic mass is 10.2. The monoisotopic (exact) mass is 343 g/mol. The van der Waals surface area contributed by atoms with E-state index in [0.717, 1.165) is 34.0 Å². The fraction of sp³-hybridized carbons (Fsp3) is 0.143. The third-order valence-corrected chi connectivity index (χ3v) is 3.86. The van der Waals surface area contributed by atoms with Crippen LogP contribution in [0, 0.1) is 6.92 Å². The Morgan fingerprint density at radius 2 is 1.15 bits per heavy atom. The normalized spacial score (nSPS) is 11.3. The van der Waals surface area contributed by atoms with Crippen molar-refractivity contribution in [2.45, 2.75) is 6.92 Å². The molecule has 3 rings (SSSR count). The predicted molar refractivity (Wildman–Crippen MR) is 107 cm³/mol. The van der Waals surface area contributed by atoms with E-state index in [0.29, 0.717) is 0 Å². The topological polar surface area (TPSA) is 52.7 Å². The van der Waals surface area contributed by atoms with E-state index in [1.165, 1.54) is 0 Å². The van der Waals surface area contributed by atoms with E-state index in [2.05, 4.69) is 31.4 Å². The quantitative estimate of drug-likeness (QED) is 0.465. The van der Waals surface area contributed by atoms with Gasteiger partial charge in [-0.3, -0.25) is 0 Å². The number of rotatable bonds is 5. The van der Waals surface area contributed by atoms with Crippen molar-refractivity contribution in [3.63, 3.8) is 0 Å². The summed E-state index contributed by atoms with van der Waals surface area (Å²) in [6, 6.07) is 23.3. The molecule has 0 saturated carbocycles. The summed E-state index contributed by atoms with van der Waals surface area (Å²) in [4.78, 5) is 2.07. The number of hydrogen-bond acceptors (Lipinski definition) is 5. The molecule has 0 heterocycles. The molecule has 3 aromatic rings. The molecule has 0 aliphatic rings. The summed E-state index contributed by atoms with van der Waals surface area (Å²) in [6.45, 7) is 2.04. The molecule has 3 aromatic carbocycles. The molecule has 0 saturated heterocycles. The third-order valence-electron chi connectivity index (χ3n) is 3.86. The van der Waals surface area contributed by atoms with Gasteiger partial charge in [-0.05, 0) is 67.1 Å². The molecule has 26 heavy (non-hydrogen) atoms. The lowest BCUT2D eigenvalue weighted by Gasteiger charge is -2.13. The van der Waals surface area contributed by atoms with Crippen LogP contribution in [0.2, 0.25) is 0 Å². The zero-order chi connectivity index (χ0) is 18.4. The molecule has 0 fully saturated rings. The molecule has 5 heteroatoms. The van der Waals surface area contributed by atoms with Gasteiger partial charge in [0, 0.05) is 19.8 Å². The molecule has 0 aromatic heterocycles. The van der Waals surface area contributed by atoms with Crippen molar-refractivity contribution in [1.82, 2.24) is 0 Å². The molecule has 0 radical (unpaired) electrons. The third kappa shape index (κ3) is 4.60. The zero-order valence-electron chi connectivity index (χ0n) is 15.2. The Bertz CT molecular complexity index is 913.